The number of rotatable bonds is 8. The smallest absolute Gasteiger partial charge is 0.330 e. The summed E-state index contributed by atoms with van der Waals surface area (Å²) < 4.78 is 45.6. The lowest BCUT2D eigenvalue weighted by Gasteiger charge is -2.30. The highest BCUT2D eigenvalue weighted by Crippen LogP contribution is 2.46. The zero-order chi connectivity index (χ0) is 31.9. The van der Waals surface area contributed by atoms with Crippen LogP contribution in [-0.4, -0.2) is 55.4 Å². The van der Waals surface area contributed by atoms with Gasteiger partial charge in [-0.3, -0.25) is 13.9 Å². The van der Waals surface area contributed by atoms with Crippen molar-refractivity contribution in [2.24, 2.45) is 12.0 Å². The number of hydrogen-bond donors (Lipinski definition) is 2. The Kier molecular flexibility index (Phi) is 8.02. The predicted octanol–water partition coefficient (Wildman–Crippen LogP) is 3.25. The summed E-state index contributed by atoms with van der Waals surface area (Å²) in [4.78, 5) is 31.5. The number of alkyl halides is 2. The van der Waals surface area contributed by atoms with Gasteiger partial charge in [-0.05, 0) is 51.0 Å². The number of carbonyl (C=O) groups is 1. The van der Waals surface area contributed by atoms with Crippen LogP contribution in [0, 0.1) is 20.8 Å². The molecule has 2 aromatic carbocycles. The molecule has 44 heavy (non-hydrogen) atoms. The molecule has 0 unspecified atom stereocenters. The molecule has 0 fully saturated rings. The van der Waals surface area contributed by atoms with Crippen LogP contribution in [0.3, 0.4) is 0 Å². The largest absolute Gasteiger partial charge is 0.493 e. The van der Waals surface area contributed by atoms with Crippen molar-refractivity contribution in [2.75, 3.05) is 20.3 Å². The number of aryl methyl sites for hydroxylation is 4. The fourth-order valence-electron chi connectivity index (χ4n) is 5.51. The van der Waals surface area contributed by atoms with Gasteiger partial charge in [0.2, 0.25) is 0 Å². The van der Waals surface area contributed by atoms with Gasteiger partial charge in [-0.1, -0.05) is 28.0 Å². The fraction of sp³-hybridized carbons (Fsp3) is 0.367. The summed E-state index contributed by atoms with van der Waals surface area (Å²) in [7, 11) is 2.86. The summed E-state index contributed by atoms with van der Waals surface area (Å²) in [5, 5.41) is 19.6. The van der Waals surface area contributed by atoms with Crippen LogP contribution in [-0.2, 0) is 26.1 Å². The monoisotopic (exact) mass is 609 g/mol. The van der Waals surface area contributed by atoms with Gasteiger partial charge in [-0.15, -0.1) is 0 Å². The Balaban J connectivity index is 1.68. The summed E-state index contributed by atoms with van der Waals surface area (Å²) in [6.07, 6.45) is 0. The molecule has 4 aromatic rings. The SMILES string of the molecule is CCOc1cc2c(cc1OC)-c1cc(=Nc3c(C)cc(C)cc3C)n(CCNC(=O)c3c(O)nnn3C)c(=O)n1CC2(F)F. The van der Waals surface area contributed by atoms with Crippen molar-refractivity contribution in [3.63, 3.8) is 0 Å². The van der Waals surface area contributed by atoms with Crippen LogP contribution in [0.4, 0.5) is 14.5 Å². The van der Waals surface area contributed by atoms with E-state index >= 15 is 8.78 Å². The Morgan fingerprint density at radius 1 is 1.14 bits per heavy atom. The number of amides is 1. The Morgan fingerprint density at radius 2 is 1.84 bits per heavy atom. The van der Waals surface area contributed by atoms with Crippen LogP contribution in [0.2, 0.25) is 0 Å². The molecule has 1 amide bonds. The molecule has 1 aliphatic rings. The van der Waals surface area contributed by atoms with Gasteiger partial charge >= 0.3 is 5.69 Å². The third-order valence-electron chi connectivity index (χ3n) is 7.43. The predicted molar refractivity (Wildman–Crippen MR) is 157 cm³/mol. The van der Waals surface area contributed by atoms with E-state index < -0.39 is 29.9 Å². The van der Waals surface area contributed by atoms with Gasteiger partial charge in [-0.2, -0.15) is 8.78 Å². The first-order valence-electron chi connectivity index (χ1n) is 13.9. The number of nitrogens with zero attached hydrogens (tertiary/aromatic N) is 6. The fourth-order valence-corrected chi connectivity index (χ4v) is 5.51. The zero-order valence-electron chi connectivity index (χ0n) is 25.2. The van der Waals surface area contributed by atoms with Crippen molar-refractivity contribution in [1.82, 2.24) is 29.4 Å². The topological polar surface area (TPSA) is 138 Å². The van der Waals surface area contributed by atoms with Crippen LogP contribution in [0.5, 0.6) is 17.4 Å². The van der Waals surface area contributed by atoms with Gasteiger partial charge < -0.3 is 19.9 Å². The molecule has 2 N–H and O–H groups in total. The highest BCUT2D eigenvalue weighted by atomic mass is 19.3. The van der Waals surface area contributed by atoms with E-state index in [0.717, 1.165) is 25.9 Å². The minimum atomic E-state index is -3.40. The first kappa shape index (κ1) is 30.4. The molecule has 0 radical (unpaired) electrons. The second kappa shape index (κ2) is 11.6. The minimum Gasteiger partial charge on any atom is -0.493 e. The molecule has 0 saturated carbocycles. The number of carbonyl (C=O) groups excluding carboxylic acids is 1. The van der Waals surface area contributed by atoms with Crippen molar-refractivity contribution in [1.29, 1.82) is 0 Å². The van der Waals surface area contributed by atoms with Gasteiger partial charge in [0.15, 0.2) is 17.2 Å². The first-order chi connectivity index (χ1) is 20.9. The molecule has 5 rings (SSSR count). The van der Waals surface area contributed by atoms with E-state index in [9.17, 15) is 14.7 Å². The molecule has 3 heterocycles. The summed E-state index contributed by atoms with van der Waals surface area (Å²) in [6.45, 7) is 6.66. The minimum absolute atomic E-state index is 0.0877. The molecule has 1 aliphatic heterocycles. The Bertz CT molecular complexity index is 1870. The first-order valence-corrected chi connectivity index (χ1v) is 13.9. The van der Waals surface area contributed by atoms with Crippen molar-refractivity contribution in [2.45, 2.75) is 46.7 Å². The molecule has 0 saturated heterocycles. The normalized spacial score (nSPS) is 13.8. The highest BCUT2D eigenvalue weighted by molar-refractivity contribution is 5.94. The molecule has 0 spiro atoms. The molecule has 0 atom stereocenters. The number of halogens is 2. The molecule has 0 bridgehead atoms. The molecule has 14 heteroatoms. The molecule has 12 nitrogen and oxygen atoms in total. The van der Waals surface area contributed by atoms with E-state index in [4.69, 9.17) is 14.5 Å². The summed E-state index contributed by atoms with van der Waals surface area (Å²) in [5.41, 5.74) is 2.80. The number of methoxy groups -OCH3 is 1. The number of benzene rings is 2. The van der Waals surface area contributed by atoms with E-state index in [-0.39, 0.29) is 59.2 Å². The van der Waals surface area contributed by atoms with Gasteiger partial charge in [-0.25, -0.2) is 14.5 Å². The lowest BCUT2D eigenvalue weighted by Crippen LogP contribution is -2.46. The zero-order valence-corrected chi connectivity index (χ0v) is 25.2. The van der Waals surface area contributed by atoms with Crippen LogP contribution in [0.15, 0.2) is 40.1 Å². The average Bonchev–Trinajstić information content (AvgIpc) is 3.30. The maximum absolute atomic E-state index is 15.6. The van der Waals surface area contributed by atoms with E-state index in [2.05, 4.69) is 15.6 Å². The van der Waals surface area contributed by atoms with Crippen LogP contribution in [0.1, 0.15) is 39.7 Å². The lowest BCUT2D eigenvalue weighted by atomic mass is 9.94. The Labute approximate surface area is 251 Å². The third kappa shape index (κ3) is 5.42. The molecule has 2 aromatic heterocycles. The maximum atomic E-state index is 15.6. The number of aromatic nitrogens is 5. The second-order valence-corrected chi connectivity index (χ2v) is 10.6. The van der Waals surface area contributed by atoms with Crippen LogP contribution >= 0.6 is 0 Å². The van der Waals surface area contributed by atoms with Crippen molar-refractivity contribution >= 4 is 11.6 Å². The highest BCUT2D eigenvalue weighted by Gasteiger charge is 2.41. The number of aromatic hydroxyl groups is 1. The molecule has 232 valence electrons. The Morgan fingerprint density at radius 3 is 2.45 bits per heavy atom. The van der Waals surface area contributed by atoms with Gasteiger partial charge in [0.1, 0.15) is 5.49 Å². The standard InChI is InChI=1S/C30H33F2N7O5/c1-7-44-23-13-20-19(12-22(23)43-6)21-14-24(34-25-17(3)10-16(2)11-18(25)4)38(29(42)39(21)15-30(20,31)32)9-8-33-27(40)26-28(41)35-36-37(26)5/h10-14,41H,7-9,15H2,1-6H3,(H,33,40). The van der Waals surface area contributed by atoms with Gasteiger partial charge in [0.25, 0.3) is 17.7 Å². The van der Waals surface area contributed by atoms with E-state index in [1.807, 2.05) is 32.9 Å². The third-order valence-corrected chi connectivity index (χ3v) is 7.43. The van der Waals surface area contributed by atoms with Crippen LogP contribution in [0.25, 0.3) is 11.3 Å². The van der Waals surface area contributed by atoms with Crippen molar-refractivity contribution in [3.8, 4) is 28.6 Å². The average molecular weight is 610 g/mol. The quantitative estimate of drug-likeness (QED) is 0.313. The lowest BCUT2D eigenvalue weighted by molar-refractivity contribution is -0.0263. The summed E-state index contributed by atoms with van der Waals surface area (Å²) in [5.74, 6) is -4.19. The molecular weight excluding hydrogens is 576 g/mol. The molecule has 0 aliphatic carbocycles. The van der Waals surface area contributed by atoms with Crippen LogP contribution < -0.4 is 26.0 Å². The van der Waals surface area contributed by atoms with Gasteiger partial charge in [0, 0.05) is 37.3 Å². The maximum Gasteiger partial charge on any atom is 0.330 e. The van der Waals surface area contributed by atoms with E-state index in [1.54, 1.807) is 13.0 Å². The van der Waals surface area contributed by atoms with Crippen molar-refractivity contribution in [3.05, 3.63) is 74.3 Å². The number of fused-ring (bicyclic) bond motifs is 3. The van der Waals surface area contributed by atoms with Gasteiger partial charge in [0.05, 0.1) is 31.6 Å². The number of ether oxygens (including phenoxy) is 2. The summed E-state index contributed by atoms with van der Waals surface area (Å²) in [6, 6.07) is 8.23. The number of nitrogens with one attached hydrogen (secondary N) is 1. The second-order valence-electron chi connectivity index (χ2n) is 10.6. The Hall–Kier alpha value is -5.01. The van der Waals surface area contributed by atoms with Crippen molar-refractivity contribution < 1.29 is 28.2 Å². The molecular formula is C30H33F2N7O5. The van der Waals surface area contributed by atoms with E-state index in [1.165, 1.54) is 30.9 Å². The number of hydrogen-bond acceptors (Lipinski definition) is 8. The van der Waals surface area contributed by atoms with E-state index in [0.29, 0.717) is 5.69 Å². The summed E-state index contributed by atoms with van der Waals surface area (Å²) >= 11 is 0.